The second-order valence-corrected chi connectivity index (χ2v) is 4.87. The van der Waals surface area contributed by atoms with Gasteiger partial charge in [0.05, 0.1) is 13.6 Å². The van der Waals surface area contributed by atoms with Gasteiger partial charge in [-0.25, -0.2) is 0 Å². The highest BCUT2D eigenvalue weighted by atomic mass is 15.6. The molecule has 0 saturated carbocycles. The lowest BCUT2D eigenvalue weighted by Crippen LogP contribution is -2.38. The second kappa shape index (κ2) is 5.36. The van der Waals surface area contributed by atoms with Crippen LogP contribution in [0.1, 0.15) is 26.6 Å². The molecule has 0 unspecified atom stereocenters. The number of hydrogen-bond acceptors (Lipinski definition) is 5. The van der Waals surface area contributed by atoms with E-state index in [9.17, 15) is 0 Å². The zero-order valence-electron chi connectivity index (χ0n) is 10.6. The molecule has 0 atom stereocenters. The molecule has 1 rings (SSSR count). The first-order valence-corrected chi connectivity index (χ1v) is 5.62. The van der Waals surface area contributed by atoms with Gasteiger partial charge in [-0.1, -0.05) is 20.8 Å². The van der Waals surface area contributed by atoms with Crippen LogP contribution in [0.2, 0.25) is 0 Å². The summed E-state index contributed by atoms with van der Waals surface area (Å²) in [5.41, 5.74) is 5.86. The van der Waals surface area contributed by atoms with Gasteiger partial charge < -0.3 is 5.73 Å². The van der Waals surface area contributed by atoms with Gasteiger partial charge >= 0.3 is 0 Å². The number of rotatable bonds is 6. The minimum atomic E-state index is 0.123. The van der Waals surface area contributed by atoms with E-state index in [1.54, 1.807) is 7.05 Å². The number of tetrazole rings is 1. The summed E-state index contributed by atoms with van der Waals surface area (Å²) in [6.45, 7) is 9.77. The van der Waals surface area contributed by atoms with Crippen LogP contribution in [-0.2, 0) is 13.6 Å². The molecule has 6 heteroatoms. The fraction of sp³-hybridized carbons (Fsp3) is 0.900. The van der Waals surface area contributed by atoms with E-state index in [1.807, 2.05) is 0 Å². The second-order valence-electron chi connectivity index (χ2n) is 4.87. The predicted molar refractivity (Wildman–Crippen MR) is 62.6 cm³/mol. The van der Waals surface area contributed by atoms with Crippen LogP contribution in [-0.4, -0.2) is 44.7 Å². The van der Waals surface area contributed by atoms with Crippen LogP contribution in [0, 0.1) is 5.41 Å². The van der Waals surface area contributed by atoms with E-state index in [-0.39, 0.29) is 5.41 Å². The van der Waals surface area contributed by atoms with Gasteiger partial charge in [-0.2, -0.15) is 4.80 Å². The Hall–Kier alpha value is -1.01. The summed E-state index contributed by atoms with van der Waals surface area (Å²) in [7, 11) is 1.77. The predicted octanol–water partition coefficient (Wildman–Crippen LogP) is 0.0169. The normalized spacial score (nSPS) is 12.4. The maximum absolute atomic E-state index is 5.73. The Kier molecular flexibility index (Phi) is 4.37. The largest absolute Gasteiger partial charge is 0.330 e. The average molecular weight is 226 g/mol. The highest BCUT2D eigenvalue weighted by Crippen LogP contribution is 2.15. The SMILES string of the molecule is CCN(Cc1nnn(C)n1)CC(C)(C)CN. The van der Waals surface area contributed by atoms with Crippen molar-refractivity contribution in [3.63, 3.8) is 0 Å². The lowest BCUT2D eigenvalue weighted by atomic mass is 9.93. The first kappa shape index (κ1) is 13.1. The Morgan fingerprint density at radius 2 is 2.12 bits per heavy atom. The molecule has 1 heterocycles. The summed E-state index contributed by atoms with van der Waals surface area (Å²) in [5.74, 6) is 0.761. The van der Waals surface area contributed by atoms with Crippen molar-refractivity contribution in [2.75, 3.05) is 19.6 Å². The Balaban J connectivity index is 2.55. The number of aromatic nitrogens is 4. The van der Waals surface area contributed by atoms with Gasteiger partial charge in [-0.05, 0) is 23.7 Å². The molecule has 0 aliphatic rings. The van der Waals surface area contributed by atoms with Crippen molar-refractivity contribution in [3.05, 3.63) is 5.82 Å². The van der Waals surface area contributed by atoms with Crippen LogP contribution in [0.25, 0.3) is 0 Å². The molecule has 0 aromatic carbocycles. The van der Waals surface area contributed by atoms with Gasteiger partial charge in [-0.15, -0.1) is 10.2 Å². The zero-order valence-corrected chi connectivity index (χ0v) is 10.6. The van der Waals surface area contributed by atoms with E-state index in [0.717, 1.165) is 25.5 Å². The van der Waals surface area contributed by atoms with Gasteiger partial charge in [0.1, 0.15) is 0 Å². The van der Waals surface area contributed by atoms with Gasteiger partial charge in [0.15, 0.2) is 5.82 Å². The summed E-state index contributed by atoms with van der Waals surface area (Å²) in [6, 6.07) is 0. The Morgan fingerprint density at radius 3 is 2.56 bits per heavy atom. The molecule has 0 saturated heterocycles. The fourth-order valence-corrected chi connectivity index (χ4v) is 1.54. The maximum Gasteiger partial charge on any atom is 0.188 e. The lowest BCUT2D eigenvalue weighted by molar-refractivity contribution is 0.180. The Bertz CT molecular complexity index is 319. The van der Waals surface area contributed by atoms with Crippen molar-refractivity contribution in [3.8, 4) is 0 Å². The summed E-state index contributed by atoms with van der Waals surface area (Å²) < 4.78 is 0. The third-order valence-corrected chi connectivity index (χ3v) is 2.57. The van der Waals surface area contributed by atoms with Crippen molar-refractivity contribution < 1.29 is 0 Å². The minimum Gasteiger partial charge on any atom is -0.330 e. The molecular weight excluding hydrogens is 204 g/mol. The number of hydrogen-bond donors (Lipinski definition) is 1. The third kappa shape index (κ3) is 3.86. The monoisotopic (exact) mass is 226 g/mol. The molecule has 0 aliphatic heterocycles. The maximum atomic E-state index is 5.73. The van der Waals surface area contributed by atoms with E-state index in [4.69, 9.17) is 5.73 Å². The van der Waals surface area contributed by atoms with Crippen molar-refractivity contribution in [1.82, 2.24) is 25.1 Å². The quantitative estimate of drug-likeness (QED) is 0.740. The summed E-state index contributed by atoms with van der Waals surface area (Å²) >= 11 is 0. The van der Waals surface area contributed by atoms with Crippen molar-refractivity contribution >= 4 is 0 Å². The average Bonchev–Trinajstić information content (AvgIpc) is 2.63. The highest BCUT2D eigenvalue weighted by molar-refractivity contribution is 4.80. The van der Waals surface area contributed by atoms with E-state index in [0.29, 0.717) is 6.54 Å². The Morgan fingerprint density at radius 1 is 1.44 bits per heavy atom. The molecule has 0 amide bonds. The first-order valence-electron chi connectivity index (χ1n) is 5.62. The first-order chi connectivity index (χ1) is 7.46. The minimum absolute atomic E-state index is 0.123. The van der Waals surface area contributed by atoms with Gasteiger partial charge in [0, 0.05) is 6.54 Å². The summed E-state index contributed by atoms with van der Waals surface area (Å²) in [4.78, 5) is 3.77. The molecule has 16 heavy (non-hydrogen) atoms. The van der Waals surface area contributed by atoms with E-state index in [1.165, 1.54) is 4.80 Å². The van der Waals surface area contributed by atoms with Crippen LogP contribution in [0.4, 0.5) is 0 Å². The number of nitrogens with zero attached hydrogens (tertiary/aromatic N) is 5. The molecule has 0 spiro atoms. The highest BCUT2D eigenvalue weighted by Gasteiger charge is 2.20. The molecule has 0 fully saturated rings. The molecule has 1 aromatic rings. The van der Waals surface area contributed by atoms with Gasteiger partial charge in [0.2, 0.25) is 0 Å². The van der Waals surface area contributed by atoms with Crippen molar-refractivity contribution in [2.24, 2.45) is 18.2 Å². The van der Waals surface area contributed by atoms with Crippen molar-refractivity contribution in [1.29, 1.82) is 0 Å². The summed E-state index contributed by atoms with van der Waals surface area (Å²) in [5, 5.41) is 12.0. The van der Waals surface area contributed by atoms with Gasteiger partial charge in [-0.3, -0.25) is 4.90 Å². The molecule has 0 aliphatic carbocycles. The van der Waals surface area contributed by atoms with Crippen LogP contribution in [0.5, 0.6) is 0 Å². The molecule has 6 nitrogen and oxygen atoms in total. The fourth-order valence-electron chi connectivity index (χ4n) is 1.54. The smallest absolute Gasteiger partial charge is 0.188 e. The molecule has 0 radical (unpaired) electrons. The van der Waals surface area contributed by atoms with Crippen LogP contribution in [0.15, 0.2) is 0 Å². The molecule has 92 valence electrons. The van der Waals surface area contributed by atoms with Gasteiger partial charge in [0.25, 0.3) is 0 Å². The molecule has 2 N–H and O–H groups in total. The summed E-state index contributed by atoms with van der Waals surface area (Å²) in [6.07, 6.45) is 0. The topological polar surface area (TPSA) is 72.9 Å². The van der Waals surface area contributed by atoms with E-state index in [2.05, 4.69) is 41.1 Å². The number of nitrogens with two attached hydrogens (primary N) is 1. The van der Waals surface area contributed by atoms with Crippen LogP contribution in [0.3, 0.4) is 0 Å². The lowest BCUT2D eigenvalue weighted by Gasteiger charge is -2.30. The molecule has 1 aromatic heterocycles. The molecule has 0 bridgehead atoms. The standard InChI is InChI=1S/C10H22N6/c1-5-16(8-10(2,3)7-11)6-9-12-14-15(4)13-9/h5-8,11H2,1-4H3. The Labute approximate surface area is 96.8 Å². The van der Waals surface area contributed by atoms with E-state index < -0.39 is 0 Å². The van der Waals surface area contributed by atoms with E-state index >= 15 is 0 Å². The van der Waals surface area contributed by atoms with Crippen molar-refractivity contribution in [2.45, 2.75) is 27.3 Å². The third-order valence-electron chi connectivity index (χ3n) is 2.57. The molecular formula is C10H22N6. The van der Waals surface area contributed by atoms with Crippen LogP contribution >= 0.6 is 0 Å². The zero-order chi connectivity index (χ0) is 12.2. The number of aryl methyl sites for hydroxylation is 1. The van der Waals surface area contributed by atoms with Crippen LogP contribution < -0.4 is 5.73 Å².